The highest BCUT2D eigenvalue weighted by molar-refractivity contribution is 6.15. The fraction of sp³-hybridized carbons (Fsp3) is 0. The van der Waals surface area contributed by atoms with Gasteiger partial charge in [0.2, 0.25) is 0 Å². The monoisotopic (exact) mass is 792 g/mol. The number of benzene rings is 9. The van der Waals surface area contributed by atoms with Crippen molar-refractivity contribution >= 4 is 43.7 Å². The van der Waals surface area contributed by atoms with Crippen molar-refractivity contribution in [3.63, 3.8) is 0 Å². The van der Waals surface area contributed by atoms with E-state index >= 15 is 0 Å². The summed E-state index contributed by atoms with van der Waals surface area (Å²) in [5, 5.41) is 4.56. The molecule has 0 saturated carbocycles. The molecule has 0 aliphatic heterocycles. The Morgan fingerprint density at radius 1 is 0.306 bits per heavy atom. The number of hydrogen-bond acceptors (Lipinski definition) is 4. The molecule has 0 spiro atoms. The van der Waals surface area contributed by atoms with Crippen molar-refractivity contribution in [2.24, 2.45) is 0 Å². The van der Waals surface area contributed by atoms with Gasteiger partial charge in [0.25, 0.3) is 0 Å². The van der Waals surface area contributed by atoms with Crippen LogP contribution in [0.2, 0.25) is 0 Å². The summed E-state index contributed by atoms with van der Waals surface area (Å²) in [5.74, 6) is 1.78. The van der Waals surface area contributed by atoms with Crippen LogP contribution in [-0.2, 0) is 0 Å². The number of aromatic nitrogens is 4. The van der Waals surface area contributed by atoms with E-state index < -0.39 is 0 Å². The minimum atomic E-state index is 0.573. The van der Waals surface area contributed by atoms with Crippen LogP contribution in [0, 0.1) is 0 Å². The molecule has 3 aromatic heterocycles. The molecule has 5 heteroatoms. The van der Waals surface area contributed by atoms with E-state index in [-0.39, 0.29) is 0 Å². The summed E-state index contributed by atoms with van der Waals surface area (Å²) in [6.45, 7) is 0. The van der Waals surface area contributed by atoms with E-state index in [2.05, 4.69) is 211 Å². The number of furan rings is 1. The van der Waals surface area contributed by atoms with Crippen LogP contribution >= 0.6 is 0 Å². The third-order valence-corrected chi connectivity index (χ3v) is 11.9. The van der Waals surface area contributed by atoms with E-state index in [9.17, 15) is 0 Å². The lowest BCUT2D eigenvalue weighted by Crippen LogP contribution is -2.00. The number of nitrogens with zero attached hydrogens (tertiary/aromatic N) is 4. The second kappa shape index (κ2) is 14.7. The first kappa shape index (κ1) is 35.5. The van der Waals surface area contributed by atoms with Crippen molar-refractivity contribution in [1.82, 2.24) is 19.5 Å². The molecule has 0 aliphatic rings. The molecule has 3 heterocycles. The Morgan fingerprint density at radius 3 is 1.35 bits per heavy atom. The number of rotatable bonds is 7. The largest absolute Gasteiger partial charge is 0.456 e. The Kier molecular flexibility index (Phi) is 8.42. The van der Waals surface area contributed by atoms with Gasteiger partial charge in [-0.3, -0.25) is 0 Å². The van der Waals surface area contributed by atoms with E-state index in [1.807, 2.05) is 12.1 Å². The molecule has 0 unspecified atom stereocenters. The standard InChI is InChI=1S/C57H36N4O/c1-3-14-37(15-4-1)39-26-30-41(31-27-39)55-58-56(42-32-28-40(29-33-42)38-16-5-2-6-17-38)60-57(59-55)43-34-35-48-53(36-43)62-52-25-13-21-47(54(48)52)46-20-9-12-24-51(46)61-49-22-10-7-18-44(49)45-19-8-11-23-50(45)61/h1-36H. The molecule has 0 atom stereocenters. The van der Waals surface area contributed by atoms with Gasteiger partial charge in [0, 0.05) is 43.8 Å². The van der Waals surface area contributed by atoms with Crippen LogP contribution in [0.1, 0.15) is 0 Å². The summed E-state index contributed by atoms with van der Waals surface area (Å²) in [6.07, 6.45) is 0. The summed E-state index contributed by atoms with van der Waals surface area (Å²) in [4.78, 5) is 15.3. The lowest BCUT2D eigenvalue weighted by atomic mass is 9.97. The van der Waals surface area contributed by atoms with Crippen LogP contribution in [0.4, 0.5) is 0 Å². The van der Waals surface area contributed by atoms with Crippen LogP contribution in [0.15, 0.2) is 223 Å². The fourth-order valence-corrected chi connectivity index (χ4v) is 8.92. The van der Waals surface area contributed by atoms with Gasteiger partial charge in [-0.2, -0.15) is 0 Å². The lowest BCUT2D eigenvalue weighted by molar-refractivity contribution is 0.669. The molecule has 12 aromatic rings. The maximum Gasteiger partial charge on any atom is 0.164 e. The Balaban J connectivity index is 0.987. The third-order valence-electron chi connectivity index (χ3n) is 11.9. The first-order valence-electron chi connectivity index (χ1n) is 20.8. The van der Waals surface area contributed by atoms with Crippen molar-refractivity contribution in [3.05, 3.63) is 218 Å². The highest BCUT2D eigenvalue weighted by Crippen LogP contribution is 2.42. The smallest absolute Gasteiger partial charge is 0.164 e. The molecule has 0 bridgehead atoms. The molecule has 62 heavy (non-hydrogen) atoms. The minimum absolute atomic E-state index is 0.573. The Hall–Kier alpha value is -8.41. The predicted molar refractivity (Wildman–Crippen MR) is 254 cm³/mol. The van der Waals surface area contributed by atoms with Crippen molar-refractivity contribution in [3.8, 4) is 73.2 Å². The van der Waals surface area contributed by atoms with Gasteiger partial charge < -0.3 is 8.98 Å². The summed E-state index contributed by atoms with van der Waals surface area (Å²) < 4.78 is 9.10. The lowest BCUT2D eigenvalue weighted by Gasteiger charge is -2.14. The number of hydrogen-bond donors (Lipinski definition) is 0. The quantitative estimate of drug-likeness (QED) is 0.161. The van der Waals surface area contributed by atoms with E-state index in [1.165, 1.54) is 21.8 Å². The molecule has 0 amide bonds. The van der Waals surface area contributed by atoms with Crippen LogP contribution in [-0.4, -0.2) is 19.5 Å². The average molecular weight is 793 g/mol. The first-order valence-corrected chi connectivity index (χ1v) is 20.8. The van der Waals surface area contributed by atoms with Crippen molar-refractivity contribution < 1.29 is 4.42 Å². The number of para-hydroxylation sites is 3. The molecule has 0 saturated heterocycles. The molecule has 0 radical (unpaired) electrons. The average Bonchev–Trinajstić information content (AvgIpc) is 3.90. The first-order chi connectivity index (χ1) is 30.7. The van der Waals surface area contributed by atoms with Gasteiger partial charge in [0.1, 0.15) is 11.2 Å². The number of fused-ring (bicyclic) bond motifs is 6. The Bertz CT molecular complexity index is 3450. The van der Waals surface area contributed by atoms with Crippen LogP contribution < -0.4 is 0 Å². The highest BCUT2D eigenvalue weighted by Gasteiger charge is 2.20. The summed E-state index contributed by atoms with van der Waals surface area (Å²) >= 11 is 0. The highest BCUT2D eigenvalue weighted by atomic mass is 16.3. The maximum absolute atomic E-state index is 6.71. The zero-order valence-corrected chi connectivity index (χ0v) is 33.5. The van der Waals surface area contributed by atoms with Crippen LogP contribution in [0.25, 0.3) is 117 Å². The van der Waals surface area contributed by atoms with E-state index in [0.717, 1.165) is 77.7 Å². The molecule has 9 aromatic carbocycles. The zero-order chi connectivity index (χ0) is 41.0. The van der Waals surface area contributed by atoms with Gasteiger partial charge in [0.15, 0.2) is 17.5 Å². The fourth-order valence-electron chi connectivity index (χ4n) is 8.92. The van der Waals surface area contributed by atoms with E-state index in [1.54, 1.807) is 0 Å². The summed E-state index contributed by atoms with van der Waals surface area (Å²) in [5.41, 5.74) is 14.5. The van der Waals surface area contributed by atoms with Crippen LogP contribution in [0.3, 0.4) is 0 Å². The SMILES string of the molecule is c1ccc(-c2ccc(-c3nc(-c4ccc(-c5ccccc5)cc4)nc(-c4ccc5c(c4)oc4cccc(-c6ccccc6-n6c7ccccc7c7ccccc76)c45)n3)cc2)cc1. The van der Waals surface area contributed by atoms with Gasteiger partial charge in [-0.1, -0.05) is 182 Å². The maximum atomic E-state index is 6.71. The van der Waals surface area contributed by atoms with Gasteiger partial charge in [-0.25, -0.2) is 15.0 Å². The molecule has 0 aliphatic carbocycles. The van der Waals surface area contributed by atoms with Gasteiger partial charge in [-0.15, -0.1) is 0 Å². The van der Waals surface area contributed by atoms with E-state index in [0.29, 0.717) is 17.5 Å². The summed E-state index contributed by atoms with van der Waals surface area (Å²) in [7, 11) is 0. The summed E-state index contributed by atoms with van der Waals surface area (Å²) in [6, 6.07) is 76.3. The van der Waals surface area contributed by atoms with E-state index in [4.69, 9.17) is 19.4 Å². The Morgan fingerprint density at radius 2 is 0.758 bits per heavy atom. The molecular formula is C57H36N4O. The second-order valence-corrected chi connectivity index (χ2v) is 15.6. The van der Waals surface area contributed by atoms with Gasteiger partial charge in [-0.05, 0) is 64.2 Å². The van der Waals surface area contributed by atoms with Crippen LogP contribution in [0.5, 0.6) is 0 Å². The molecule has 290 valence electrons. The molecule has 0 fully saturated rings. The third kappa shape index (κ3) is 6.06. The molecular weight excluding hydrogens is 757 g/mol. The van der Waals surface area contributed by atoms with Crippen molar-refractivity contribution in [2.45, 2.75) is 0 Å². The predicted octanol–water partition coefficient (Wildman–Crippen LogP) is 14.9. The van der Waals surface area contributed by atoms with Crippen molar-refractivity contribution in [2.75, 3.05) is 0 Å². The minimum Gasteiger partial charge on any atom is -0.456 e. The Labute approximate surface area is 357 Å². The van der Waals surface area contributed by atoms with Gasteiger partial charge >= 0.3 is 0 Å². The normalized spacial score (nSPS) is 11.5. The van der Waals surface area contributed by atoms with Crippen molar-refractivity contribution in [1.29, 1.82) is 0 Å². The zero-order valence-electron chi connectivity index (χ0n) is 33.5. The molecule has 0 N–H and O–H groups in total. The van der Waals surface area contributed by atoms with Gasteiger partial charge in [0.05, 0.1) is 16.7 Å². The molecule has 12 rings (SSSR count). The topological polar surface area (TPSA) is 56.7 Å². The second-order valence-electron chi connectivity index (χ2n) is 15.6. The molecule has 5 nitrogen and oxygen atoms in total.